The highest BCUT2D eigenvalue weighted by molar-refractivity contribution is 6.08. The number of benzene rings is 3. The Bertz CT molecular complexity index is 1910. The van der Waals surface area contributed by atoms with Crippen LogP contribution in [0.3, 0.4) is 0 Å². The van der Waals surface area contributed by atoms with Crippen LogP contribution in [0.2, 0.25) is 0 Å². The molecule has 16 nitrogen and oxygen atoms in total. The molecular weight excluding hydrogens is 683 g/mol. The Labute approximate surface area is 297 Å². The van der Waals surface area contributed by atoms with Crippen molar-refractivity contribution in [3.63, 3.8) is 0 Å². The van der Waals surface area contributed by atoms with E-state index in [1.807, 2.05) is 0 Å². The van der Waals surface area contributed by atoms with Crippen molar-refractivity contribution in [2.45, 2.75) is 33.2 Å². The molecule has 0 aliphatic rings. The molecule has 9 N–H and O–H groups in total. The monoisotopic (exact) mass is 722 g/mol. The van der Waals surface area contributed by atoms with Gasteiger partial charge in [0.1, 0.15) is 11.4 Å². The Morgan fingerprint density at radius 1 is 0.942 bits per heavy atom. The average Bonchev–Trinajstić information content (AvgIpc) is 3.09. The molecule has 0 fully saturated rings. The summed E-state index contributed by atoms with van der Waals surface area (Å²) < 4.78 is 30.7. The van der Waals surface area contributed by atoms with Gasteiger partial charge in [-0.2, -0.15) is 5.11 Å². The van der Waals surface area contributed by atoms with E-state index in [1.165, 1.54) is 55.8 Å². The van der Waals surface area contributed by atoms with Crippen LogP contribution in [0.25, 0.3) is 11.9 Å². The summed E-state index contributed by atoms with van der Waals surface area (Å²) in [5.41, 5.74) is 12.4. The van der Waals surface area contributed by atoms with E-state index in [9.17, 15) is 34.5 Å². The molecule has 3 aromatic rings. The lowest BCUT2D eigenvalue weighted by molar-refractivity contribution is -0.153. The van der Waals surface area contributed by atoms with Gasteiger partial charge in [0.25, 0.3) is 5.91 Å². The number of carbonyl (C=O) groups is 4. The number of phenolic OH excluding ortho intramolecular Hbond substituents is 1. The third-order valence-electron chi connectivity index (χ3n) is 7.21. The Morgan fingerprint density at radius 3 is 2.13 bits per heavy atom. The van der Waals surface area contributed by atoms with Crippen molar-refractivity contribution < 1.29 is 53.1 Å². The third kappa shape index (κ3) is 10.0. The first kappa shape index (κ1) is 39.9. The summed E-state index contributed by atoms with van der Waals surface area (Å²) >= 11 is 0. The Kier molecular flexibility index (Phi) is 13.4. The number of carboxylic acids is 1. The maximum absolute atomic E-state index is 15.4. The lowest BCUT2D eigenvalue weighted by Crippen LogP contribution is -2.36. The van der Waals surface area contributed by atoms with Crippen LogP contribution in [0.4, 0.5) is 15.8 Å². The van der Waals surface area contributed by atoms with Gasteiger partial charge in [-0.15, -0.1) is 0 Å². The number of rotatable bonds is 15. The van der Waals surface area contributed by atoms with Gasteiger partial charge in [0.15, 0.2) is 29.7 Å². The molecule has 52 heavy (non-hydrogen) atoms. The number of aromatic hydroxyl groups is 2. The third-order valence-corrected chi connectivity index (χ3v) is 7.21. The van der Waals surface area contributed by atoms with E-state index in [4.69, 9.17) is 25.5 Å². The molecule has 3 aromatic carbocycles. The summed E-state index contributed by atoms with van der Waals surface area (Å²) in [5, 5.41) is 41.3. The molecule has 0 saturated heterocycles. The van der Waals surface area contributed by atoms with Gasteiger partial charge in [-0.05, 0) is 69.3 Å². The van der Waals surface area contributed by atoms with Gasteiger partial charge in [-0.3, -0.25) is 14.4 Å². The van der Waals surface area contributed by atoms with E-state index < -0.39 is 58.1 Å². The largest absolute Gasteiger partial charge is 0.504 e. The molecule has 0 aliphatic carbocycles. The smallest absolute Gasteiger partial charge is 0.339 e. The van der Waals surface area contributed by atoms with Crippen molar-refractivity contribution in [3.05, 3.63) is 82.7 Å². The summed E-state index contributed by atoms with van der Waals surface area (Å²) in [6.45, 7) is 4.94. The Morgan fingerprint density at radius 2 is 1.56 bits per heavy atom. The van der Waals surface area contributed by atoms with Gasteiger partial charge in [0.05, 0.1) is 42.6 Å². The second kappa shape index (κ2) is 17.4. The number of methoxy groups -OCH3 is 2. The first-order valence-electron chi connectivity index (χ1n) is 15.4. The van der Waals surface area contributed by atoms with E-state index >= 15 is 4.39 Å². The molecule has 0 aromatic heterocycles. The van der Waals surface area contributed by atoms with Crippen LogP contribution in [0.5, 0.6) is 23.0 Å². The number of nitrogens with one attached hydrogen (secondary N) is 4. The van der Waals surface area contributed by atoms with Crippen molar-refractivity contribution in [3.8, 4) is 23.0 Å². The summed E-state index contributed by atoms with van der Waals surface area (Å²) in [4.78, 5) is 48.9. The summed E-state index contributed by atoms with van der Waals surface area (Å²) in [6.07, 6.45) is 2.26. The number of nitrogens with two attached hydrogens (primary N) is 1. The maximum Gasteiger partial charge on any atom is 0.339 e. The number of carbonyl (C=O) groups excluding carboxylic acids is 3. The number of esters is 1. The first-order chi connectivity index (χ1) is 24.5. The molecule has 3 rings (SSSR count). The lowest BCUT2D eigenvalue weighted by Gasteiger charge is -2.16. The number of ether oxygens (including phenoxy) is 3. The second-order valence-electron chi connectivity index (χ2n) is 12.0. The predicted molar refractivity (Wildman–Crippen MR) is 188 cm³/mol. The van der Waals surface area contributed by atoms with Crippen LogP contribution in [0.1, 0.15) is 59.0 Å². The molecule has 0 saturated carbocycles. The molecule has 0 bridgehead atoms. The van der Waals surface area contributed by atoms with Crippen molar-refractivity contribution in [2.24, 2.45) is 16.3 Å². The standard InChI is InChI=1S/C35H39FN6O10/c1-35(2,3)34(49)52-17-39-16-21(42-38)15-25(37)32(46)40-20-9-6-18(7-10-20)24(36)14-19-8-11-22(27(43)29(19)50-4)31(45)41-26-13-12-23(33(47)48)28(44)30(26)51-5/h6-14,16,25,38-39,43-44H,15,17,37H2,1-5H3,(H,40,46)(H,41,45)(H,47,48)/b21-16-,24-14-,42-38?/t25-/m0/s1. The number of phenols is 2. The highest BCUT2D eigenvalue weighted by Gasteiger charge is 2.24. The van der Waals surface area contributed by atoms with Gasteiger partial charge in [0, 0.05) is 29.4 Å². The van der Waals surface area contributed by atoms with Gasteiger partial charge in [-0.1, -0.05) is 6.07 Å². The molecule has 2 amide bonds. The number of hydrogen-bond acceptors (Lipinski definition) is 13. The number of amides is 2. The van der Waals surface area contributed by atoms with Crippen LogP contribution >= 0.6 is 0 Å². The molecule has 0 radical (unpaired) electrons. The van der Waals surface area contributed by atoms with Crippen molar-refractivity contribution >= 4 is 47.0 Å². The quantitative estimate of drug-likeness (QED) is 0.0331. The van der Waals surface area contributed by atoms with E-state index in [1.54, 1.807) is 20.8 Å². The topological polar surface area (TPSA) is 255 Å². The van der Waals surface area contributed by atoms with E-state index in [2.05, 4.69) is 21.1 Å². The van der Waals surface area contributed by atoms with Crippen molar-refractivity contribution in [2.75, 3.05) is 31.6 Å². The fourth-order valence-corrected chi connectivity index (χ4v) is 4.44. The minimum Gasteiger partial charge on any atom is -0.504 e. The number of halogens is 1. The van der Waals surface area contributed by atoms with Crippen LogP contribution < -0.4 is 31.2 Å². The highest BCUT2D eigenvalue weighted by atomic mass is 19.1. The van der Waals surface area contributed by atoms with Crippen molar-refractivity contribution in [1.29, 1.82) is 5.53 Å². The van der Waals surface area contributed by atoms with Gasteiger partial charge < -0.3 is 51.2 Å². The summed E-state index contributed by atoms with van der Waals surface area (Å²) in [6, 6.07) is 9.32. The first-order valence-corrected chi connectivity index (χ1v) is 15.4. The van der Waals surface area contributed by atoms with Crippen LogP contribution in [-0.4, -0.2) is 66.1 Å². The zero-order valence-electron chi connectivity index (χ0n) is 28.9. The fraction of sp³-hybridized carbons (Fsp3) is 0.257. The molecule has 0 unspecified atom stereocenters. The van der Waals surface area contributed by atoms with Crippen LogP contribution in [0, 0.1) is 10.9 Å². The molecule has 0 aliphatic heterocycles. The molecular formula is C35H39FN6O10. The summed E-state index contributed by atoms with van der Waals surface area (Å²) in [5.74, 6) is -5.96. The number of aromatic carboxylic acids is 1. The SMILES string of the molecule is COc1c(/C=C(\F)c2ccc(NC(=O)[C@@H](N)C/C(=C/NCOC(=O)C(C)(C)C)N=N)cc2)ccc(C(=O)Nc2ccc(C(=O)O)c(O)c2OC)c1O. The minimum absolute atomic E-state index is 0.0731. The fourth-order valence-electron chi connectivity index (χ4n) is 4.44. The second-order valence-corrected chi connectivity index (χ2v) is 12.0. The normalized spacial score (nSPS) is 12.3. The van der Waals surface area contributed by atoms with E-state index in [-0.39, 0.29) is 52.7 Å². The van der Waals surface area contributed by atoms with E-state index in [0.717, 1.165) is 19.3 Å². The molecule has 276 valence electrons. The van der Waals surface area contributed by atoms with E-state index in [0.29, 0.717) is 5.69 Å². The molecule has 17 heteroatoms. The number of carboxylic acid groups (broad SMARTS) is 1. The van der Waals surface area contributed by atoms with Crippen LogP contribution in [-0.2, 0) is 14.3 Å². The molecule has 0 heterocycles. The maximum atomic E-state index is 15.4. The Hall–Kier alpha value is -6.49. The summed E-state index contributed by atoms with van der Waals surface area (Å²) in [7, 11) is 2.37. The highest BCUT2D eigenvalue weighted by Crippen LogP contribution is 2.40. The van der Waals surface area contributed by atoms with Gasteiger partial charge in [0.2, 0.25) is 5.91 Å². The number of nitrogens with zero attached hydrogens (tertiary/aromatic N) is 1. The Balaban J connectivity index is 1.69. The predicted octanol–water partition coefficient (Wildman–Crippen LogP) is 5.20. The number of hydrogen-bond donors (Lipinski definition) is 8. The lowest BCUT2D eigenvalue weighted by atomic mass is 9.98. The zero-order chi connectivity index (χ0) is 38.7. The molecule has 1 atom stereocenters. The average molecular weight is 723 g/mol. The molecule has 0 spiro atoms. The number of anilines is 2. The van der Waals surface area contributed by atoms with Gasteiger partial charge >= 0.3 is 11.9 Å². The minimum atomic E-state index is -1.42. The zero-order valence-corrected chi connectivity index (χ0v) is 28.9. The van der Waals surface area contributed by atoms with Gasteiger partial charge in [-0.25, -0.2) is 14.7 Å². The van der Waals surface area contributed by atoms with Crippen LogP contribution in [0.15, 0.2) is 65.5 Å². The van der Waals surface area contributed by atoms with Crippen molar-refractivity contribution in [1.82, 2.24) is 5.32 Å².